The summed E-state index contributed by atoms with van der Waals surface area (Å²) in [6.45, 7) is 4.33. The zero-order valence-electron chi connectivity index (χ0n) is 17.7. The lowest BCUT2D eigenvalue weighted by molar-refractivity contribution is -0.132. The zero-order valence-corrected chi connectivity index (χ0v) is 18.4. The van der Waals surface area contributed by atoms with Crippen molar-refractivity contribution in [1.29, 1.82) is 0 Å². The molecule has 4 rings (SSSR count). The van der Waals surface area contributed by atoms with Crippen LogP contribution in [0.2, 0.25) is 5.02 Å². The Balaban J connectivity index is 1.88. The van der Waals surface area contributed by atoms with E-state index in [0.29, 0.717) is 34.4 Å². The van der Waals surface area contributed by atoms with Crippen LogP contribution in [0, 0.1) is 6.92 Å². The normalized spacial score (nSPS) is 17.7. The van der Waals surface area contributed by atoms with E-state index >= 15 is 0 Å². The number of carbonyl (C=O) groups excluding carboxylic acids is 2. The number of aliphatic hydroxyl groups is 1. The molecule has 7 heteroatoms. The molecule has 1 N–H and O–H groups in total. The third kappa shape index (κ3) is 3.89. The van der Waals surface area contributed by atoms with E-state index in [4.69, 9.17) is 20.8 Å². The maximum Gasteiger partial charge on any atom is 0.300 e. The number of amides is 1. The second kappa shape index (κ2) is 8.93. The number of furan rings is 1. The number of aliphatic hydroxyl groups excluding tert-OH is 1. The van der Waals surface area contributed by atoms with Gasteiger partial charge in [-0.2, -0.15) is 0 Å². The molecule has 0 spiro atoms. The Kier molecular flexibility index (Phi) is 6.06. The van der Waals surface area contributed by atoms with E-state index in [0.717, 1.165) is 12.0 Å². The molecule has 164 valence electrons. The van der Waals surface area contributed by atoms with Crippen LogP contribution in [0.4, 0.5) is 5.69 Å². The predicted octanol–water partition coefficient (Wildman–Crippen LogP) is 5.66. The summed E-state index contributed by atoms with van der Waals surface area (Å²) in [7, 11) is 0. The molecule has 32 heavy (non-hydrogen) atoms. The fourth-order valence-corrected chi connectivity index (χ4v) is 3.91. The van der Waals surface area contributed by atoms with Gasteiger partial charge in [-0.3, -0.25) is 14.5 Å². The predicted molar refractivity (Wildman–Crippen MR) is 122 cm³/mol. The molecule has 6 nitrogen and oxygen atoms in total. The van der Waals surface area contributed by atoms with Gasteiger partial charge in [-0.05, 0) is 55.3 Å². The van der Waals surface area contributed by atoms with E-state index in [9.17, 15) is 14.7 Å². The van der Waals surface area contributed by atoms with Crippen molar-refractivity contribution >= 4 is 34.7 Å². The molecule has 1 unspecified atom stereocenters. The number of rotatable bonds is 6. The van der Waals surface area contributed by atoms with Gasteiger partial charge in [0.1, 0.15) is 23.3 Å². The second-order valence-corrected chi connectivity index (χ2v) is 7.93. The van der Waals surface area contributed by atoms with Crippen LogP contribution in [-0.2, 0) is 9.59 Å². The van der Waals surface area contributed by atoms with Gasteiger partial charge in [-0.25, -0.2) is 0 Å². The van der Waals surface area contributed by atoms with Gasteiger partial charge in [-0.15, -0.1) is 0 Å². The van der Waals surface area contributed by atoms with Crippen LogP contribution in [0.15, 0.2) is 70.9 Å². The lowest BCUT2D eigenvalue weighted by Gasteiger charge is -2.25. The molecule has 1 aromatic heterocycles. The van der Waals surface area contributed by atoms with Crippen molar-refractivity contribution in [2.75, 3.05) is 11.5 Å². The molecule has 1 saturated heterocycles. The molecule has 1 aliphatic rings. The molecule has 3 aromatic rings. The zero-order chi connectivity index (χ0) is 22.8. The monoisotopic (exact) mass is 451 g/mol. The fraction of sp³-hybridized carbons (Fsp3) is 0.200. The maximum absolute atomic E-state index is 13.2. The summed E-state index contributed by atoms with van der Waals surface area (Å²) in [4.78, 5) is 27.6. The van der Waals surface area contributed by atoms with Crippen molar-refractivity contribution < 1.29 is 23.8 Å². The third-order valence-electron chi connectivity index (χ3n) is 5.27. The first-order valence-electron chi connectivity index (χ1n) is 10.3. The molecule has 0 aliphatic carbocycles. The number of carbonyl (C=O) groups is 2. The van der Waals surface area contributed by atoms with Gasteiger partial charge in [0.15, 0.2) is 0 Å². The summed E-state index contributed by atoms with van der Waals surface area (Å²) < 4.78 is 11.2. The number of hydrogen-bond acceptors (Lipinski definition) is 5. The van der Waals surface area contributed by atoms with Gasteiger partial charge in [0.2, 0.25) is 0 Å². The minimum Gasteiger partial charge on any atom is -0.507 e. The Morgan fingerprint density at radius 2 is 1.97 bits per heavy atom. The first-order chi connectivity index (χ1) is 15.4. The summed E-state index contributed by atoms with van der Waals surface area (Å²) >= 11 is 6.18. The highest BCUT2D eigenvalue weighted by Gasteiger charge is 2.48. The Hall–Kier alpha value is -3.51. The van der Waals surface area contributed by atoms with Crippen LogP contribution < -0.4 is 9.64 Å². The smallest absolute Gasteiger partial charge is 0.300 e. The number of hydrogen-bond donors (Lipinski definition) is 1. The van der Waals surface area contributed by atoms with Gasteiger partial charge in [0.05, 0.1) is 18.4 Å². The van der Waals surface area contributed by atoms with E-state index in [2.05, 4.69) is 0 Å². The van der Waals surface area contributed by atoms with Crippen molar-refractivity contribution in [3.63, 3.8) is 0 Å². The molecular weight excluding hydrogens is 430 g/mol. The van der Waals surface area contributed by atoms with Crippen LogP contribution >= 0.6 is 11.6 Å². The summed E-state index contributed by atoms with van der Waals surface area (Å²) in [6, 6.07) is 14.3. The van der Waals surface area contributed by atoms with Crippen molar-refractivity contribution in [2.24, 2.45) is 0 Å². The number of anilines is 1. The fourth-order valence-electron chi connectivity index (χ4n) is 3.75. The van der Waals surface area contributed by atoms with E-state index in [1.54, 1.807) is 54.6 Å². The van der Waals surface area contributed by atoms with Crippen molar-refractivity contribution in [3.05, 3.63) is 88.3 Å². The number of ether oxygens (including phenoxy) is 1. The van der Waals surface area contributed by atoms with Gasteiger partial charge in [-0.1, -0.05) is 36.7 Å². The maximum atomic E-state index is 13.2. The summed E-state index contributed by atoms with van der Waals surface area (Å²) in [5.74, 6) is -0.956. The molecule has 0 radical (unpaired) electrons. The van der Waals surface area contributed by atoms with Crippen molar-refractivity contribution in [1.82, 2.24) is 0 Å². The lowest BCUT2D eigenvalue weighted by Crippen LogP contribution is -2.30. The number of ketones is 1. The number of nitrogens with zero attached hydrogens (tertiary/aromatic N) is 1. The molecule has 2 heterocycles. The summed E-state index contributed by atoms with van der Waals surface area (Å²) in [5.41, 5.74) is 1.54. The molecule has 1 aliphatic heterocycles. The first kappa shape index (κ1) is 21.7. The average Bonchev–Trinajstić information content (AvgIpc) is 3.41. The second-order valence-electron chi connectivity index (χ2n) is 7.49. The molecule has 1 fully saturated rings. The third-order valence-corrected chi connectivity index (χ3v) is 5.50. The summed E-state index contributed by atoms with van der Waals surface area (Å²) in [6.07, 6.45) is 2.29. The molecule has 1 amide bonds. The van der Waals surface area contributed by atoms with Gasteiger partial charge < -0.3 is 14.3 Å². The highest BCUT2D eigenvalue weighted by atomic mass is 35.5. The van der Waals surface area contributed by atoms with E-state index in [-0.39, 0.29) is 11.3 Å². The Labute approximate surface area is 190 Å². The largest absolute Gasteiger partial charge is 0.507 e. The molecule has 1 atom stereocenters. The quantitative estimate of drug-likeness (QED) is 0.297. The lowest BCUT2D eigenvalue weighted by atomic mass is 9.99. The highest BCUT2D eigenvalue weighted by Crippen LogP contribution is 2.43. The van der Waals surface area contributed by atoms with E-state index in [1.807, 2.05) is 13.8 Å². The molecular formula is C25H22ClNO5. The van der Waals surface area contributed by atoms with Gasteiger partial charge in [0.25, 0.3) is 11.7 Å². The minimum absolute atomic E-state index is 0.0584. The highest BCUT2D eigenvalue weighted by molar-refractivity contribution is 6.51. The standard InChI is InChI=1S/C25H22ClNO5/c1-3-11-31-18-7-4-6-16(13-18)23(28)21-22(20-8-5-12-32-20)27(25(30)24(21)29)19-14-17(26)10-9-15(19)2/h4-10,12-14,22,28H,3,11H2,1-2H3/b23-21-. The average molecular weight is 452 g/mol. The van der Waals surface area contributed by atoms with E-state index in [1.165, 1.54) is 11.2 Å². The number of benzene rings is 2. The van der Waals surface area contributed by atoms with Crippen molar-refractivity contribution in [2.45, 2.75) is 26.3 Å². The topological polar surface area (TPSA) is 80.0 Å². The molecule has 2 aromatic carbocycles. The SMILES string of the molecule is CCCOc1cccc(/C(O)=C2/C(=O)C(=O)N(c3cc(Cl)ccc3C)C2c2ccco2)c1. The van der Waals surface area contributed by atoms with Crippen molar-refractivity contribution in [3.8, 4) is 5.75 Å². The number of halogens is 1. The van der Waals surface area contributed by atoms with Crippen LogP contribution in [0.1, 0.15) is 36.3 Å². The van der Waals surface area contributed by atoms with Gasteiger partial charge >= 0.3 is 0 Å². The van der Waals surface area contributed by atoms with E-state index < -0.39 is 17.7 Å². The first-order valence-corrected chi connectivity index (χ1v) is 10.6. The van der Waals surface area contributed by atoms with Crippen LogP contribution in [0.25, 0.3) is 5.76 Å². The van der Waals surface area contributed by atoms with Crippen LogP contribution in [0.5, 0.6) is 5.75 Å². The molecule has 0 bridgehead atoms. The van der Waals surface area contributed by atoms with Crippen LogP contribution in [0.3, 0.4) is 0 Å². The Morgan fingerprint density at radius 3 is 2.69 bits per heavy atom. The van der Waals surface area contributed by atoms with Gasteiger partial charge in [0, 0.05) is 16.3 Å². The minimum atomic E-state index is -0.942. The van der Waals surface area contributed by atoms with Crippen LogP contribution in [-0.4, -0.2) is 23.4 Å². The number of Topliss-reactive ketones (excluding diaryl/α,β-unsaturated/α-hetero) is 1. The Morgan fingerprint density at radius 1 is 1.16 bits per heavy atom. The Bertz CT molecular complexity index is 1200. The molecule has 0 saturated carbocycles. The summed E-state index contributed by atoms with van der Waals surface area (Å²) in [5, 5.41) is 11.6. The number of aryl methyl sites for hydroxylation is 1.